The zero-order chi connectivity index (χ0) is 31.8. The summed E-state index contributed by atoms with van der Waals surface area (Å²) in [4.78, 5) is 5.27. The van der Waals surface area contributed by atoms with Gasteiger partial charge in [0.2, 0.25) is 0 Å². The van der Waals surface area contributed by atoms with E-state index in [1.54, 1.807) is 14.2 Å². The molecule has 1 fully saturated rings. The summed E-state index contributed by atoms with van der Waals surface area (Å²) >= 11 is 0. The van der Waals surface area contributed by atoms with Gasteiger partial charge in [0.15, 0.2) is 0 Å². The first-order chi connectivity index (χ1) is 22.2. The average molecular weight is 619 g/mol. The first kappa shape index (κ1) is 37.0. The maximum absolute atomic E-state index is 5.40. The fourth-order valence-electron chi connectivity index (χ4n) is 6.75. The summed E-state index contributed by atoms with van der Waals surface area (Å²) in [6, 6.07) is 17.3. The molecule has 252 valence electrons. The molecule has 0 amide bonds. The second-order valence-corrected chi connectivity index (χ2v) is 13.4. The molecule has 0 unspecified atom stereocenters. The number of methoxy groups -OCH3 is 2. The van der Waals surface area contributed by atoms with Gasteiger partial charge in [-0.3, -0.25) is 4.90 Å². The van der Waals surface area contributed by atoms with Gasteiger partial charge in [0.25, 0.3) is 0 Å². The molecule has 2 aromatic rings. The van der Waals surface area contributed by atoms with Crippen molar-refractivity contribution < 1.29 is 9.47 Å². The van der Waals surface area contributed by atoms with E-state index in [-0.39, 0.29) is 0 Å². The van der Waals surface area contributed by atoms with Crippen LogP contribution in [0.25, 0.3) is 0 Å². The van der Waals surface area contributed by atoms with E-state index in [4.69, 9.17) is 9.47 Å². The highest BCUT2D eigenvalue weighted by molar-refractivity contribution is 5.49. The highest BCUT2D eigenvalue weighted by Gasteiger charge is 2.17. The molecule has 4 nitrogen and oxygen atoms in total. The molecular weight excluding hydrogens is 552 g/mol. The SMILES string of the molecule is CCCCCCCCN(C/C=C/CCCCCCCCN(CC1CCCCC1)c1ccc(OC)cc1)Cc1ccc(OC)cc1. The van der Waals surface area contributed by atoms with Gasteiger partial charge in [0.1, 0.15) is 11.5 Å². The molecule has 0 spiro atoms. The smallest absolute Gasteiger partial charge is 0.119 e. The Balaban J connectivity index is 1.30. The summed E-state index contributed by atoms with van der Waals surface area (Å²) in [7, 11) is 3.49. The predicted molar refractivity (Wildman–Crippen MR) is 195 cm³/mol. The van der Waals surface area contributed by atoms with Crippen LogP contribution in [0.15, 0.2) is 60.7 Å². The number of unbranched alkanes of at least 4 members (excludes halogenated alkanes) is 11. The molecule has 0 atom stereocenters. The van der Waals surface area contributed by atoms with E-state index in [1.807, 2.05) is 0 Å². The number of rotatable bonds is 25. The Kier molecular flexibility index (Phi) is 19.6. The molecule has 3 rings (SSSR count). The van der Waals surface area contributed by atoms with Gasteiger partial charge in [-0.25, -0.2) is 0 Å². The normalized spacial score (nSPS) is 14.0. The van der Waals surface area contributed by atoms with E-state index in [0.717, 1.165) is 30.5 Å². The highest BCUT2D eigenvalue weighted by Crippen LogP contribution is 2.28. The van der Waals surface area contributed by atoms with Gasteiger partial charge < -0.3 is 14.4 Å². The van der Waals surface area contributed by atoms with Gasteiger partial charge in [0, 0.05) is 31.9 Å². The Hall–Kier alpha value is -2.46. The van der Waals surface area contributed by atoms with Gasteiger partial charge in [0.05, 0.1) is 14.2 Å². The number of benzene rings is 2. The lowest BCUT2D eigenvalue weighted by Crippen LogP contribution is -2.31. The van der Waals surface area contributed by atoms with E-state index in [1.165, 1.54) is 146 Å². The van der Waals surface area contributed by atoms with E-state index in [9.17, 15) is 0 Å². The minimum absolute atomic E-state index is 0.860. The number of anilines is 1. The van der Waals surface area contributed by atoms with Crippen LogP contribution in [-0.2, 0) is 6.54 Å². The number of allylic oxidation sites excluding steroid dienone is 1. The lowest BCUT2D eigenvalue weighted by Gasteiger charge is -2.31. The molecule has 1 aliphatic carbocycles. The molecule has 0 aromatic heterocycles. The Labute approximate surface area is 277 Å². The van der Waals surface area contributed by atoms with Crippen LogP contribution in [0.3, 0.4) is 0 Å². The van der Waals surface area contributed by atoms with Crippen LogP contribution < -0.4 is 14.4 Å². The number of nitrogens with zero attached hydrogens (tertiary/aromatic N) is 2. The van der Waals surface area contributed by atoms with Crippen LogP contribution in [0.2, 0.25) is 0 Å². The summed E-state index contributed by atoms with van der Waals surface area (Å²) in [5, 5.41) is 0. The summed E-state index contributed by atoms with van der Waals surface area (Å²) in [5.41, 5.74) is 2.74. The van der Waals surface area contributed by atoms with Gasteiger partial charge in [-0.1, -0.05) is 108 Å². The maximum Gasteiger partial charge on any atom is 0.119 e. The van der Waals surface area contributed by atoms with Gasteiger partial charge in [-0.2, -0.15) is 0 Å². The lowest BCUT2D eigenvalue weighted by molar-refractivity contribution is 0.285. The van der Waals surface area contributed by atoms with E-state index in [0.29, 0.717) is 0 Å². The first-order valence-electron chi connectivity index (χ1n) is 18.6. The Bertz CT molecular complexity index is 997. The summed E-state index contributed by atoms with van der Waals surface area (Å²) in [5.74, 6) is 2.75. The fraction of sp³-hybridized carbons (Fsp3) is 0.659. The van der Waals surface area contributed by atoms with Crippen LogP contribution in [0, 0.1) is 5.92 Å². The van der Waals surface area contributed by atoms with Crippen molar-refractivity contribution in [2.75, 3.05) is 45.3 Å². The van der Waals surface area contributed by atoms with Crippen LogP contribution in [0.4, 0.5) is 5.69 Å². The van der Waals surface area contributed by atoms with Gasteiger partial charge in [-0.15, -0.1) is 0 Å². The van der Waals surface area contributed by atoms with Crippen molar-refractivity contribution in [3.8, 4) is 11.5 Å². The maximum atomic E-state index is 5.40. The van der Waals surface area contributed by atoms with E-state index < -0.39 is 0 Å². The van der Waals surface area contributed by atoms with Crippen molar-refractivity contribution in [1.82, 2.24) is 4.90 Å². The lowest BCUT2D eigenvalue weighted by atomic mass is 9.88. The van der Waals surface area contributed by atoms with Crippen molar-refractivity contribution >= 4 is 5.69 Å². The van der Waals surface area contributed by atoms with Crippen molar-refractivity contribution in [2.24, 2.45) is 5.92 Å². The van der Waals surface area contributed by atoms with Crippen LogP contribution in [-0.4, -0.2) is 45.3 Å². The second-order valence-electron chi connectivity index (χ2n) is 13.4. The summed E-state index contributed by atoms with van der Waals surface area (Å²) in [6.07, 6.45) is 29.2. The van der Waals surface area contributed by atoms with Crippen LogP contribution >= 0.6 is 0 Å². The van der Waals surface area contributed by atoms with Gasteiger partial charge in [-0.05, 0) is 92.9 Å². The van der Waals surface area contributed by atoms with Crippen molar-refractivity contribution in [1.29, 1.82) is 0 Å². The third-order valence-corrected chi connectivity index (χ3v) is 9.61. The van der Waals surface area contributed by atoms with Crippen molar-refractivity contribution in [3.63, 3.8) is 0 Å². The molecule has 2 aromatic carbocycles. The third-order valence-electron chi connectivity index (χ3n) is 9.61. The quantitative estimate of drug-likeness (QED) is 0.0816. The molecule has 0 aliphatic heterocycles. The average Bonchev–Trinajstić information content (AvgIpc) is 3.08. The zero-order valence-electron chi connectivity index (χ0n) is 29.3. The summed E-state index contributed by atoms with van der Waals surface area (Å²) in [6.45, 7) is 7.93. The Morgan fingerprint density at radius 1 is 0.644 bits per heavy atom. The monoisotopic (exact) mass is 619 g/mol. The molecule has 0 saturated heterocycles. The minimum atomic E-state index is 0.860. The molecule has 0 bridgehead atoms. The van der Waals surface area contributed by atoms with E-state index >= 15 is 0 Å². The molecule has 1 saturated carbocycles. The molecular formula is C41H66N2O2. The molecule has 0 N–H and O–H groups in total. The van der Waals surface area contributed by atoms with Crippen molar-refractivity contribution in [2.45, 2.75) is 129 Å². The van der Waals surface area contributed by atoms with Crippen molar-refractivity contribution in [3.05, 3.63) is 66.2 Å². The predicted octanol–water partition coefficient (Wildman–Crippen LogP) is 11.2. The number of ether oxygens (including phenoxy) is 2. The van der Waals surface area contributed by atoms with E-state index in [2.05, 4.69) is 77.4 Å². The third kappa shape index (κ3) is 16.1. The molecule has 4 heteroatoms. The van der Waals surface area contributed by atoms with Crippen LogP contribution in [0.1, 0.15) is 128 Å². The molecule has 0 heterocycles. The summed E-state index contributed by atoms with van der Waals surface area (Å²) < 4.78 is 10.8. The standard InChI is InChI=1S/C41H66N2O2/c1-4-5-6-7-13-19-32-42(35-38-24-28-40(44-2)29-25-38)33-20-14-11-9-8-10-12-15-21-34-43(36-37-22-17-16-18-23-37)39-26-30-41(45-3)31-27-39/h14,20,24-31,37H,4-13,15-19,21-23,32-36H2,1-3H3/b20-14+. The topological polar surface area (TPSA) is 24.9 Å². The van der Waals surface area contributed by atoms with Gasteiger partial charge >= 0.3 is 0 Å². The van der Waals surface area contributed by atoms with Crippen LogP contribution in [0.5, 0.6) is 11.5 Å². The number of hydrogen-bond donors (Lipinski definition) is 0. The second kappa shape index (κ2) is 23.8. The fourth-order valence-corrected chi connectivity index (χ4v) is 6.75. The minimum Gasteiger partial charge on any atom is -0.497 e. The molecule has 0 radical (unpaired) electrons. The molecule has 45 heavy (non-hydrogen) atoms. The number of hydrogen-bond acceptors (Lipinski definition) is 4. The zero-order valence-corrected chi connectivity index (χ0v) is 29.3. The Morgan fingerprint density at radius 2 is 1.22 bits per heavy atom. The highest BCUT2D eigenvalue weighted by atomic mass is 16.5. The largest absolute Gasteiger partial charge is 0.497 e. The first-order valence-corrected chi connectivity index (χ1v) is 18.6. The molecule has 1 aliphatic rings. The Morgan fingerprint density at radius 3 is 1.87 bits per heavy atom.